The van der Waals surface area contributed by atoms with Crippen LogP contribution in [0.1, 0.15) is 24.8 Å². The quantitative estimate of drug-likeness (QED) is 0.519. The van der Waals surface area contributed by atoms with E-state index < -0.39 is 0 Å². The number of hydrogen-bond acceptors (Lipinski definition) is 2. The van der Waals surface area contributed by atoms with Gasteiger partial charge in [-0.2, -0.15) is 0 Å². The fraction of sp³-hybridized carbons (Fsp3) is 0.357. The van der Waals surface area contributed by atoms with E-state index in [1.807, 2.05) is 30.3 Å². The molecule has 16 heavy (non-hydrogen) atoms. The lowest BCUT2D eigenvalue weighted by molar-refractivity contribution is -0.118. The Morgan fingerprint density at radius 2 is 2.06 bits per heavy atom. The molecule has 0 radical (unpaired) electrons. The number of carbonyl (C=O) groups is 1. The maximum Gasteiger partial charge on any atom is 0.137 e. The molecule has 0 atom stereocenters. The molecule has 0 aliphatic carbocycles. The second-order valence-corrected chi connectivity index (χ2v) is 3.74. The number of unbranched alkanes of at least 4 members (excludes halogenated alkanes) is 1. The molecule has 0 N–H and O–H groups in total. The van der Waals surface area contributed by atoms with Crippen molar-refractivity contribution in [2.24, 2.45) is 0 Å². The van der Waals surface area contributed by atoms with Gasteiger partial charge in [-0.05, 0) is 30.5 Å². The lowest BCUT2D eigenvalue weighted by atomic mass is 10.0. The van der Waals surface area contributed by atoms with Gasteiger partial charge in [0.15, 0.2) is 0 Å². The number of benzene rings is 1. The van der Waals surface area contributed by atoms with Gasteiger partial charge in [0.25, 0.3) is 0 Å². The molecule has 0 bridgehead atoms. The summed E-state index contributed by atoms with van der Waals surface area (Å²) in [6.07, 6.45) is 4.81. The molecule has 86 valence electrons. The van der Waals surface area contributed by atoms with Gasteiger partial charge in [-0.15, -0.1) is 6.58 Å². The Morgan fingerprint density at radius 3 is 2.62 bits per heavy atom. The summed E-state index contributed by atoms with van der Waals surface area (Å²) in [5.41, 5.74) is 1.05. The van der Waals surface area contributed by atoms with Crippen molar-refractivity contribution in [1.82, 2.24) is 0 Å². The largest absolute Gasteiger partial charge is 0.497 e. The molecule has 0 amide bonds. The van der Waals surface area contributed by atoms with Gasteiger partial charge < -0.3 is 4.74 Å². The van der Waals surface area contributed by atoms with Crippen LogP contribution in [0.15, 0.2) is 36.9 Å². The van der Waals surface area contributed by atoms with Crippen LogP contribution in [0.3, 0.4) is 0 Å². The predicted molar refractivity (Wildman–Crippen MR) is 65.8 cm³/mol. The second kappa shape index (κ2) is 6.83. The maximum absolute atomic E-state index is 11.6. The van der Waals surface area contributed by atoms with E-state index in [-0.39, 0.29) is 5.78 Å². The zero-order chi connectivity index (χ0) is 11.8. The molecular weight excluding hydrogens is 200 g/mol. The molecule has 0 heterocycles. The number of hydrogen-bond donors (Lipinski definition) is 0. The number of carbonyl (C=O) groups excluding carboxylic acids is 1. The molecular formula is C14H18O2. The monoisotopic (exact) mass is 218 g/mol. The minimum atomic E-state index is 0.284. The van der Waals surface area contributed by atoms with Crippen LogP contribution in [0.25, 0.3) is 0 Å². The van der Waals surface area contributed by atoms with E-state index in [0.29, 0.717) is 12.8 Å². The molecule has 0 saturated heterocycles. The van der Waals surface area contributed by atoms with Crippen molar-refractivity contribution in [1.29, 1.82) is 0 Å². The van der Waals surface area contributed by atoms with Crippen LogP contribution >= 0.6 is 0 Å². The molecule has 0 aliphatic rings. The summed E-state index contributed by atoms with van der Waals surface area (Å²) in [6, 6.07) is 7.63. The van der Waals surface area contributed by atoms with E-state index in [1.54, 1.807) is 7.11 Å². The van der Waals surface area contributed by atoms with Crippen LogP contribution in [0, 0.1) is 0 Å². The van der Waals surface area contributed by atoms with Crippen molar-refractivity contribution in [2.45, 2.75) is 25.7 Å². The molecule has 0 fully saturated rings. The zero-order valence-corrected chi connectivity index (χ0v) is 9.74. The summed E-state index contributed by atoms with van der Waals surface area (Å²) in [5.74, 6) is 1.11. The minimum Gasteiger partial charge on any atom is -0.497 e. The van der Waals surface area contributed by atoms with Crippen molar-refractivity contribution in [3.05, 3.63) is 42.5 Å². The minimum absolute atomic E-state index is 0.284. The number of rotatable bonds is 7. The first-order chi connectivity index (χ1) is 7.76. The van der Waals surface area contributed by atoms with Gasteiger partial charge in [0.2, 0.25) is 0 Å². The number of allylic oxidation sites excluding steroid dienone is 1. The SMILES string of the molecule is C=CCCCC(=O)Cc1ccc(OC)cc1. The normalized spacial score (nSPS) is 9.81. The highest BCUT2D eigenvalue weighted by Gasteiger charge is 2.03. The predicted octanol–water partition coefficient (Wildman–Crippen LogP) is 3.16. The Kier molecular flexibility index (Phi) is 5.34. The lowest BCUT2D eigenvalue weighted by Gasteiger charge is -2.02. The van der Waals surface area contributed by atoms with Crippen LogP contribution < -0.4 is 4.74 Å². The molecule has 0 aromatic heterocycles. The fourth-order valence-corrected chi connectivity index (χ4v) is 1.50. The summed E-state index contributed by atoms with van der Waals surface area (Å²) >= 11 is 0. The Morgan fingerprint density at radius 1 is 1.38 bits per heavy atom. The molecule has 0 spiro atoms. The average Bonchev–Trinajstić information content (AvgIpc) is 2.30. The van der Waals surface area contributed by atoms with Gasteiger partial charge in [0.1, 0.15) is 11.5 Å². The highest BCUT2D eigenvalue weighted by Crippen LogP contribution is 2.12. The Bertz CT molecular complexity index is 338. The summed E-state index contributed by atoms with van der Waals surface area (Å²) in [7, 11) is 1.63. The Hall–Kier alpha value is -1.57. The first-order valence-corrected chi connectivity index (χ1v) is 5.52. The van der Waals surface area contributed by atoms with Gasteiger partial charge in [0, 0.05) is 12.8 Å². The number of methoxy groups -OCH3 is 1. The van der Waals surface area contributed by atoms with Crippen LogP contribution in [-0.2, 0) is 11.2 Å². The summed E-state index contributed by atoms with van der Waals surface area (Å²) in [5, 5.41) is 0. The highest BCUT2D eigenvalue weighted by atomic mass is 16.5. The lowest BCUT2D eigenvalue weighted by Crippen LogP contribution is -2.02. The van der Waals surface area contributed by atoms with Gasteiger partial charge in [-0.1, -0.05) is 18.2 Å². The Labute approximate surface area is 96.9 Å². The van der Waals surface area contributed by atoms with Crippen LogP contribution in [-0.4, -0.2) is 12.9 Å². The number of ether oxygens (including phenoxy) is 1. The summed E-state index contributed by atoms with van der Waals surface area (Å²) in [6.45, 7) is 3.64. The topological polar surface area (TPSA) is 26.3 Å². The first-order valence-electron chi connectivity index (χ1n) is 5.52. The smallest absolute Gasteiger partial charge is 0.137 e. The van der Waals surface area contributed by atoms with Gasteiger partial charge >= 0.3 is 0 Å². The number of ketones is 1. The fourth-order valence-electron chi connectivity index (χ4n) is 1.50. The van der Waals surface area contributed by atoms with Crippen LogP contribution in [0.4, 0.5) is 0 Å². The molecule has 1 aromatic rings. The van der Waals surface area contributed by atoms with Gasteiger partial charge in [-0.3, -0.25) is 4.79 Å². The second-order valence-electron chi connectivity index (χ2n) is 3.74. The molecule has 2 heteroatoms. The summed E-state index contributed by atoms with van der Waals surface area (Å²) < 4.78 is 5.06. The molecule has 0 unspecified atom stereocenters. The van der Waals surface area contributed by atoms with E-state index in [0.717, 1.165) is 24.2 Å². The van der Waals surface area contributed by atoms with Crippen molar-refractivity contribution in [2.75, 3.05) is 7.11 Å². The van der Waals surface area contributed by atoms with E-state index in [1.165, 1.54) is 0 Å². The van der Waals surface area contributed by atoms with Crippen LogP contribution in [0.5, 0.6) is 5.75 Å². The zero-order valence-electron chi connectivity index (χ0n) is 9.74. The van der Waals surface area contributed by atoms with Crippen molar-refractivity contribution in [3.63, 3.8) is 0 Å². The average molecular weight is 218 g/mol. The molecule has 0 saturated carbocycles. The molecule has 0 aliphatic heterocycles. The van der Waals surface area contributed by atoms with E-state index in [9.17, 15) is 4.79 Å². The van der Waals surface area contributed by atoms with Crippen molar-refractivity contribution < 1.29 is 9.53 Å². The van der Waals surface area contributed by atoms with E-state index in [4.69, 9.17) is 4.74 Å². The molecule has 2 nitrogen and oxygen atoms in total. The number of Topliss-reactive ketones (excluding diaryl/α,β-unsaturated/α-hetero) is 1. The van der Waals surface area contributed by atoms with Crippen molar-refractivity contribution in [3.8, 4) is 5.75 Å². The van der Waals surface area contributed by atoms with Crippen molar-refractivity contribution >= 4 is 5.78 Å². The summed E-state index contributed by atoms with van der Waals surface area (Å²) in [4.78, 5) is 11.6. The molecule has 1 rings (SSSR count). The third-order valence-corrected chi connectivity index (χ3v) is 2.42. The molecule has 1 aromatic carbocycles. The van der Waals surface area contributed by atoms with Gasteiger partial charge in [0.05, 0.1) is 7.11 Å². The first kappa shape index (κ1) is 12.5. The third kappa shape index (κ3) is 4.30. The third-order valence-electron chi connectivity index (χ3n) is 2.42. The van der Waals surface area contributed by atoms with Gasteiger partial charge in [-0.25, -0.2) is 0 Å². The standard InChI is InChI=1S/C14H18O2/c1-3-4-5-6-13(15)11-12-7-9-14(16-2)10-8-12/h3,7-10H,1,4-6,11H2,2H3. The Balaban J connectivity index is 2.40. The highest BCUT2D eigenvalue weighted by molar-refractivity contribution is 5.80. The van der Waals surface area contributed by atoms with E-state index >= 15 is 0 Å². The maximum atomic E-state index is 11.6. The van der Waals surface area contributed by atoms with E-state index in [2.05, 4.69) is 6.58 Å². The van der Waals surface area contributed by atoms with Crippen LogP contribution in [0.2, 0.25) is 0 Å².